The smallest absolute Gasteiger partial charge is 0.253 e. The quantitative estimate of drug-likeness (QED) is 0.831. The lowest BCUT2D eigenvalue weighted by Gasteiger charge is -2.35. The highest BCUT2D eigenvalue weighted by atomic mass is 35.5. The molecule has 3 N–H and O–H groups in total. The number of morpholine rings is 1. The van der Waals surface area contributed by atoms with Crippen molar-refractivity contribution in [3.05, 3.63) is 28.8 Å². The molecule has 2 saturated heterocycles. The summed E-state index contributed by atoms with van der Waals surface area (Å²) in [6, 6.07) is 5.64. The van der Waals surface area contributed by atoms with Crippen molar-refractivity contribution in [2.45, 2.75) is 25.0 Å². The summed E-state index contributed by atoms with van der Waals surface area (Å²) in [7, 11) is 0. The number of para-hydroxylation sites is 1. The molecule has 0 aliphatic carbocycles. The van der Waals surface area contributed by atoms with Crippen molar-refractivity contribution in [1.82, 2.24) is 10.2 Å². The molecule has 0 aromatic heterocycles. The first-order valence-corrected chi connectivity index (χ1v) is 7.71. The number of hydrogen-bond donors (Lipinski definition) is 2. The van der Waals surface area contributed by atoms with Crippen LogP contribution in [-0.4, -0.2) is 49.2 Å². The lowest BCUT2D eigenvalue weighted by Crippen LogP contribution is -2.50. The number of benzene rings is 1. The Labute approximate surface area is 129 Å². The number of rotatable bonds is 3. The van der Waals surface area contributed by atoms with Gasteiger partial charge in [0.2, 0.25) is 0 Å². The zero-order valence-corrected chi connectivity index (χ0v) is 12.6. The maximum atomic E-state index is 12.2. The van der Waals surface area contributed by atoms with E-state index in [-0.39, 0.29) is 12.0 Å². The fourth-order valence-electron chi connectivity index (χ4n) is 3.05. The summed E-state index contributed by atoms with van der Waals surface area (Å²) in [4.78, 5) is 14.6. The largest absolute Gasteiger partial charge is 0.397 e. The summed E-state index contributed by atoms with van der Waals surface area (Å²) in [5.41, 5.74) is 6.56. The molecule has 2 unspecified atom stereocenters. The van der Waals surface area contributed by atoms with E-state index in [9.17, 15) is 4.79 Å². The molecule has 3 rings (SSSR count). The minimum Gasteiger partial charge on any atom is -0.397 e. The van der Waals surface area contributed by atoms with E-state index in [0.29, 0.717) is 28.9 Å². The van der Waals surface area contributed by atoms with E-state index in [4.69, 9.17) is 22.1 Å². The molecule has 1 aromatic carbocycles. The molecule has 21 heavy (non-hydrogen) atoms. The molecule has 2 heterocycles. The van der Waals surface area contributed by atoms with Gasteiger partial charge >= 0.3 is 0 Å². The highest BCUT2D eigenvalue weighted by Crippen LogP contribution is 2.23. The third kappa shape index (κ3) is 3.15. The van der Waals surface area contributed by atoms with Gasteiger partial charge in [-0.3, -0.25) is 9.69 Å². The molecule has 5 nitrogen and oxygen atoms in total. The third-order valence-electron chi connectivity index (χ3n) is 4.25. The average molecular weight is 310 g/mol. The van der Waals surface area contributed by atoms with Gasteiger partial charge in [0, 0.05) is 19.1 Å². The van der Waals surface area contributed by atoms with Crippen LogP contribution in [0.2, 0.25) is 5.02 Å². The Hall–Kier alpha value is -1.30. The van der Waals surface area contributed by atoms with Gasteiger partial charge in [0.25, 0.3) is 5.91 Å². The van der Waals surface area contributed by atoms with E-state index in [1.54, 1.807) is 18.2 Å². The topological polar surface area (TPSA) is 67.6 Å². The van der Waals surface area contributed by atoms with E-state index in [0.717, 1.165) is 19.7 Å². The van der Waals surface area contributed by atoms with Crippen molar-refractivity contribution in [2.24, 2.45) is 0 Å². The molecule has 2 aliphatic heterocycles. The van der Waals surface area contributed by atoms with Crippen molar-refractivity contribution in [3.8, 4) is 0 Å². The molecule has 2 fully saturated rings. The lowest BCUT2D eigenvalue weighted by molar-refractivity contribution is -0.0461. The highest BCUT2D eigenvalue weighted by molar-refractivity contribution is 6.33. The molecule has 2 aliphatic rings. The monoisotopic (exact) mass is 309 g/mol. The van der Waals surface area contributed by atoms with E-state index in [1.807, 2.05) is 0 Å². The maximum absolute atomic E-state index is 12.2. The van der Waals surface area contributed by atoms with Crippen LogP contribution in [-0.2, 0) is 4.74 Å². The van der Waals surface area contributed by atoms with Crippen LogP contribution < -0.4 is 11.1 Å². The van der Waals surface area contributed by atoms with E-state index in [1.165, 1.54) is 12.8 Å². The Bertz CT molecular complexity index is 538. The van der Waals surface area contributed by atoms with Crippen LogP contribution >= 0.6 is 11.6 Å². The highest BCUT2D eigenvalue weighted by Gasteiger charge is 2.32. The fraction of sp³-hybridized carbons (Fsp3) is 0.533. The van der Waals surface area contributed by atoms with Crippen LogP contribution in [0.3, 0.4) is 0 Å². The molecule has 0 saturated carbocycles. The summed E-state index contributed by atoms with van der Waals surface area (Å²) in [5, 5.41) is 3.29. The lowest BCUT2D eigenvalue weighted by atomic mass is 10.1. The number of anilines is 1. The van der Waals surface area contributed by atoms with Crippen molar-refractivity contribution in [1.29, 1.82) is 0 Å². The van der Waals surface area contributed by atoms with Crippen molar-refractivity contribution < 1.29 is 9.53 Å². The second kappa shape index (κ2) is 6.22. The van der Waals surface area contributed by atoms with Crippen LogP contribution in [0.25, 0.3) is 0 Å². The van der Waals surface area contributed by atoms with Crippen LogP contribution in [0.5, 0.6) is 0 Å². The average Bonchev–Trinajstić information content (AvgIpc) is 2.95. The van der Waals surface area contributed by atoms with Gasteiger partial charge in [-0.05, 0) is 31.5 Å². The normalized spacial score (nSPS) is 25.6. The Morgan fingerprint density at radius 2 is 2.38 bits per heavy atom. The summed E-state index contributed by atoms with van der Waals surface area (Å²) in [6.07, 6.45) is 2.51. The van der Waals surface area contributed by atoms with Crippen LogP contribution in [0.1, 0.15) is 23.2 Å². The number of nitrogens with one attached hydrogen (secondary N) is 1. The third-order valence-corrected chi connectivity index (χ3v) is 4.58. The number of nitrogens with two attached hydrogens (primary N) is 1. The van der Waals surface area contributed by atoms with Gasteiger partial charge in [-0.15, -0.1) is 0 Å². The zero-order chi connectivity index (χ0) is 14.8. The minimum atomic E-state index is -0.206. The van der Waals surface area contributed by atoms with Gasteiger partial charge in [-0.2, -0.15) is 0 Å². The first-order chi connectivity index (χ1) is 10.1. The van der Waals surface area contributed by atoms with E-state index >= 15 is 0 Å². The van der Waals surface area contributed by atoms with Crippen LogP contribution in [0.15, 0.2) is 18.2 Å². The Kier molecular flexibility index (Phi) is 4.33. The number of nitrogens with zero attached hydrogens (tertiary/aromatic N) is 1. The molecule has 1 aromatic rings. The molecule has 6 heteroatoms. The second-order valence-electron chi connectivity index (χ2n) is 5.66. The van der Waals surface area contributed by atoms with Gasteiger partial charge in [0.1, 0.15) is 0 Å². The number of ether oxygens (including phenoxy) is 1. The minimum absolute atomic E-state index is 0.0451. The van der Waals surface area contributed by atoms with E-state index in [2.05, 4.69) is 10.2 Å². The first kappa shape index (κ1) is 14.6. The number of nitrogen functional groups attached to an aromatic ring is 1. The maximum Gasteiger partial charge on any atom is 0.253 e. The number of hydrogen-bond acceptors (Lipinski definition) is 4. The molecule has 0 bridgehead atoms. The molecular weight excluding hydrogens is 290 g/mol. The fourth-order valence-corrected chi connectivity index (χ4v) is 3.22. The van der Waals surface area contributed by atoms with Gasteiger partial charge in [0.05, 0.1) is 29.0 Å². The summed E-state index contributed by atoms with van der Waals surface area (Å²) < 4.78 is 5.82. The van der Waals surface area contributed by atoms with Crippen molar-refractivity contribution >= 4 is 23.2 Å². The molecule has 114 valence electrons. The second-order valence-corrected chi connectivity index (χ2v) is 6.06. The van der Waals surface area contributed by atoms with Crippen LogP contribution in [0, 0.1) is 0 Å². The number of carbonyl (C=O) groups excluding carboxylic acids is 1. The SMILES string of the molecule is Nc1c(Cl)cccc1C(=O)NCC1CN2CCCC2CO1. The van der Waals surface area contributed by atoms with Gasteiger partial charge < -0.3 is 15.8 Å². The first-order valence-electron chi connectivity index (χ1n) is 7.33. The Morgan fingerprint density at radius 1 is 1.52 bits per heavy atom. The summed E-state index contributed by atoms with van der Waals surface area (Å²) in [6.45, 7) is 3.28. The Balaban J connectivity index is 1.55. The number of halogens is 1. The number of carbonyl (C=O) groups is 1. The molecule has 1 amide bonds. The van der Waals surface area contributed by atoms with Crippen molar-refractivity contribution in [2.75, 3.05) is 32.0 Å². The van der Waals surface area contributed by atoms with Crippen LogP contribution in [0.4, 0.5) is 5.69 Å². The van der Waals surface area contributed by atoms with Gasteiger partial charge in [-0.1, -0.05) is 17.7 Å². The molecular formula is C15H20ClN3O2. The summed E-state index contributed by atoms with van der Waals surface area (Å²) in [5.74, 6) is -0.206. The summed E-state index contributed by atoms with van der Waals surface area (Å²) >= 11 is 5.93. The Morgan fingerprint density at radius 3 is 3.24 bits per heavy atom. The zero-order valence-electron chi connectivity index (χ0n) is 11.8. The standard InChI is InChI=1S/C15H20ClN3O2/c16-13-5-1-4-12(14(13)17)15(20)18-7-11-8-19-6-2-3-10(19)9-21-11/h1,4-5,10-11H,2-3,6-9,17H2,(H,18,20). The molecule has 0 radical (unpaired) electrons. The molecule has 2 atom stereocenters. The van der Waals surface area contributed by atoms with Gasteiger partial charge in [0.15, 0.2) is 0 Å². The predicted molar refractivity (Wildman–Crippen MR) is 82.5 cm³/mol. The van der Waals surface area contributed by atoms with Gasteiger partial charge in [-0.25, -0.2) is 0 Å². The predicted octanol–water partition coefficient (Wildman–Crippen LogP) is 1.52. The van der Waals surface area contributed by atoms with E-state index < -0.39 is 0 Å². The van der Waals surface area contributed by atoms with Crippen molar-refractivity contribution in [3.63, 3.8) is 0 Å². The number of amides is 1. The number of fused-ring (bicyclic) bond motifs is 1. The molecule has 0 spiro atoms.